The highest BCUT2D eigenvalue weighted by molar-refractivity contribution is 6.19. The summed E-state index contributed by atoms with van der Waals surface area (Å²) >= 11 is 0. The normalized spacial score (nSPS) is 12.0. The van der Waals surface area contributed by atoms with Crippen LogP contribution in [0, 0.1) is 55.4 Å². The molecule has 0 aliphatic heterocycles. The van der Waals surface area contributed by atoms with Crippen LogP contribution < -0.4 is 0 Å². The van der Waals surface area contributed by atoms with E-state index in [1.807, 2.05) is 6.20 Å². The van der Waals surface area contributed by atoms with Gasteiger partial charge in [0.2, 0.25) is 0 Å². The Morgan fingerprint density at radius 3 is 0.722 bits per heavy atom. The zero-order valence-corrected chi connectivity index (χ0v) is 51.8. The standard InChI is InChI=1S/C84H64N6/c1-49-21-29-71-61(38-49)62-39-50(2)22-30-72(62)87(71)81-79(59-20-15-37-85-48-59)82(88-73-31-23-51(3)40-63(73)64-41-52(4)24-32-74(64)88)84(90-77-35-27-55(7)44-67(77)68-45-56(8)28-36-78(68)90)80(83(81)89-75-33-25-53(5)42-65(75)66-43-54(6)26-34-76(66)89)60-46-69(57-16-11-9-12-17-57)86-70(47-60)58-18-13-10-14-19-58/h9-48H,1-8H3. The quantitative estimate of drug-likeness (QED) is 0.152. The Hall–Kier alpha value is -11.1. The molecule has 0 fully saturated rings. The highest BCUT2D eigenvalue weighted by Crippen LogP contribution is 2.55. The van der Waals surface area contributed by atoms with Crippen LogP contribution in [0.4, 0.5) is 0 Å². The van der Waals surface area contributed by atoms with Crippen molar-refractivity contribution in [3.05, 3.63) is 287 Å². The molecule has 0 N–H and O–H groups in total. The first-order valence-electron chi connectivity index (χ1n) is 31.3. The third-order valence-electron chi connectivity index (χ3n) is 18.8. The summed E-state index contributed by atoms with van der Waals surface area (Å²) in [6.07, 6.45) is 4.02. The Morgan fingerprint density at radius 1 is 0.233 bits per heavy atom. The second-order valence-electron chi connectivity index (χ2n) is 25.3. The molecule has 0 saturated heterocycles. The Labute approximate surface area is 522 Å². The molecule has 430 valence electrons. The Morgan fingerprint density at radius 2 is 0.478 bits per heavy atom. The van der Waals surface area contributed by atoms with E-state index < -0.39 is 0 Å². The molecule has 0 radical (unpaired) electrons. The van der Waals surface area contributed by atoms with Crippen molar-refractivity contribution >= 4 is 87.2 Å². The van der Waals surface area contributed by atoms with E-state index in [1.54, 1.807) is 0 Å². The van der Waals surface area contributed by atoms with Gasteiger partial charge in [0.1, 0.15) is 0 Å². The summed E-state index contributed by atoms with van der Waals surface area (Å²) in [5.74, 6) is 0. The molecule has 90 heavy (non-hydrogen) atoms. The van der Waals surface area contributed by atoms with Gasteiger partial charge in [-0.05, 0) is 176 Å². The summed E-state index contributed by atoms with van der Waals surface area (Å²) in [6, 6.07) is 87.0. The SMILES string of the molecule is Cc1ccc2c(c1)c1cc(C)ccc1n2-c1c(-c2cccnc2)c(-n2c3ccc(C)cc3c3cc(C)ccc32)c(-n2c3ccc(C)cc3c3cc(C)ccc32)c(-c2cc(-c3ccccc3)nc(-c3ccccc3)c2)c1-n1c2ccc(C)cc2c2cc(C)ccc21. The minimum atomic E-state index is 0.871. The van der Waals surface area contributed by atoms with E-state index in [-0.39, 0.29) is 0 Å². The number of rotatable bonds is 8. The first-order valence-corrected chi connectivity index (χ1v) is 31.3. The largest absolute Gasteiger partial charge is 0.306 e. The van der Waals surface area contributed by atoms with E-state index >= 15 is 0 Å². The fraction of sp³-hybridized carbons (Fsp3) is 0.0952. The number of hydrogen-bond acceptors (Lipinski definition) is 2. The summed E-state index contributed by atoms with van der Waals surface area (Å²) in [5, 5.41) is 9.51. The van der Waals surface area contributed by atoms with Crippen molar-refractivity contribution in [2.45, 2.75) is 55.4 Å². The molecule has 17 rings (SSSR count). The van der Waals surface area contributed by atoms with Gasteiger partial charge in [-0.25, -0.2) is 4.98 Å². The Kier molecular flexibility index (Phi) is 12.0. The molecule has 6 aromatic heterocycles. The summed E-state index contributed by atoms with van der Waals surface area (Å²) in [4.78, 5) is 10.9. The van der Waals surface area contributed by atoms with Crippen molar-refractivity contribution in [1.29, 1.82) is 0 Å². The lowest BCUT2D eigenvalue weighted by Crippen LogP contribution is -2.16. The molecule has 0 amide bonds. The molecule has 0 saturated carbocycles. The number of pyridine rings is 2. The molecule has 0 unspecified atom stereocenters. The van der Waals surface area contributed by atoms with Crippen LogP contribution in [0.2, 0.25) is 0 Å². The van der Waals surface area contributed by atoms with Gasteiger partial charge in [-0.15, -0.1) is 0 Å². The van der Waals surface area contributed by atoms with E-state index in [2.05, 4.69) is 310 Å². The number of aryl methyl sites for hydroxylation is 8. The summed E-state index contributed by atoms with van der Waals surface area (Å²) < 4.78 is 10.5. The van der Waals surface area contributed by atoms with Crippen molar-refractivity contribution in [2.75, 3.05) is 0 Å². The second-order valence-corrected chi connectivity index (χ2v) is 25.3. The first kappa shape index (κ1) is 53.2. The van der Waals surface area contributed by atoms with Gasteiger partial charge < -0.3 is 18.3 Å². The van der Waals surface area contributed by atoms with Crippen molar-refractivity contribution in [3.63, 3.8) is 0 Å². The fourth-order valence-electron chi connectivity index (χ4n) is 14.8. The van der Waals surface area contributed by atoms with E-state index in [9.17, 15) is 0 Å². The molecule has 0 atom stereocenters. The van der Waals surface area contributed by atoms with Crippen LogP contribution in [-0.2, 0) is 0 Å². The second kappa shape index (κ2) is 20.2. The maximum atomic E-state index is 5.70. The lowest BCUT2D eigenvalue weighted by molar-refractivity contribution is 1.05. The van der Waals surface area contributed by atoms with Crippen LogP contribution in [-0.4, -0.2) is 28.2 Å². The molecule has 6 heteroatoms. The molecule has 17 aromatic rings. The minimum Gasteiger partial charge on any atom is -0.306 e. The maximum Gasteiger partial charge on any atom is 0.0811 e. The van der Waals surface area contributed by atoms with Crippen LogP contribution >= 0.6 is 0 Å². The minimum absolute atomic E-state index is 0.871. The number of hydrogen-bond donors (Lipinski definition) is 0. The molecule has 0 bridgehead atoms. The molecule has 11 aromatic carbocycles. The Bertz CT molecular complexity index is 5280. The molecule has 0 aliphatic rings. The van der Waals surface area contributed by atoms with Crippen LogP contribution in [0.3, 0.4) is 0 Å². The number of fused-ring (bicyclic) bond motifs is 12. The van der Waals surface area contributed by atoms with Gasteiger partial charge in [-0.1, -0.05) is 160 Å². The topological polar surface area (TPSA) is 45.5 Å². The number of benzene rings is 11. The zero-order chi connectivity index (χ0) is 60.8. The molecular weight excluding hydrogens is 1090 g/mol. The van der Waals surface area contributed by atoms with Gasteiger partial charge in [0.15, 0.2) is 0 Å². The highest BCUT2D eigenvalue weighted by atomic mass is 15.1. The van der Waals surface area contributed by atoms with Gasteiger partial charge >= 0.3 is 0 Å². The summed E-state index contributed by atoms with van der Waals surface area (Å²) in [6.45, 7) is 17.8. The zero-order valence-electron chi connectivity index (χ0n) is 51.8. The van der Waals surface area contributed by atoms with Crippen molar-refractivity contribution in [3.8, 4) is 67.5 Å². The van der Waals surface area contributed by atoms with E-state index in [0.29, 0.717) is 0 Å². The number of nitrogens with zero attached hydrogens (tertiary/aromatic N) is 6. The lowest BCUT2D eigenvalue weighted by Gasteiger charge is -2.31. The molecular formula is C84H64N6. The van der Waals surface area contributed by atoms with Crippen LogP contribution in [0.1, 0.15) is 44.5 Å². The van der Waals surface area contributed by atoms with E-state index in [4.69, 9.17) is 9.97 Å². The van der Waals surface area contributed by atoms with E-state index in [1.165, 1.54) is 87.6 Å². The highest BCUT2D eigenvalue weighted by Gasteiger charge is 2.36. The van der Waals surface area contributed by atoms with Crippen LogP contribution in [0.25, 0.3) is 155 Å². The average molecular weight is 1160 g/mol. The van der Waals surface area contributed by atoms with Crippen molar-refractivity contribution in [1.82, 2.24) is 28.2 Å². The summed E-state index contributed by atoms with van der Waals surface area (Å²) in [5.41, 5.74) is 30.3. The average Bonchev–Trinajstić information content (AvgIpc) is 1.40. The fourth-order valence-corrected chi connectivity index (χ4v) is 14.8. The van der Waals surface area contributed by atoms with Crippen molar-refractivity contribution in [2.24, 2.45) is 0 Å². The van der Waals surface area contributed by atoms with Crippen LogP contribution in [0.5, 0.6) is 0 Å². The molecule has 6 nitrogen and oxygen atoms in total. The first-order chi connectivity index (χ1) is 43.9. The molecule has 6 heterocycles. The molecule has 0 aliphatic carbocycles. The van der Waals surface area contributed by atoms with Gasteiger partial charge in [-0.3, -0.25) is 4.98 Å². The van der Waals surface area contributed by atoms with Crippen molar-refractivity contribution < 1.29 is 0 Å². The van der Waals surface area contributed by atoms with Gasteiger partial charge in [0, 0.05) is 83.3 Å². The predicted molar refractivity (Wildman–Crippen MR) is 379 cm³/mol. The van der Waals surface area contributed by atoms with Gasteiger partial charge in [0.25, 0.3) is 0 Å². The predicted octanol–water partition coefficient (Wildman–Crippen LogP) is 22.0. The van der Waals surface area contributed by atoms with Crippen LogP contribution in [0.15, 0.2) is 243 Å². The van der Waals surface area contributed by atoms with Gasteiger partial charge in [0.05, 0.1) is 78.3 Å². The third-order valence-corrected chi connectivity index (χ3v) is 18.8. The lowest BCUT2D eigenvalue weighted by atomic mass is 9.89. The Balaban J connectivity index is 1.27. The maximum absolute atomic E-state index is 5.70. The smallest absolute Gasteiger partial charge is 0.0811 e. The molecule has 0 spiro atoms. The van der Waals surface area contributed by atoms with Gasteiger partial charge in [-0.2, -0.15) is 0 Å². The third kappa shape index (κ3) is 8.17. The number of aromatic nitrogens is 6. The van der Waals surface area contributed by atoms with E-state index in [0.717, 1.165) is 112 Å². The summed E-state index contributed by atoms with van der Waals surface area (Å²) in [7, 11) is 0. The monoisotopic (exact) mass is 1160 g/mol.